The van der Waals surface area contributed by atoms with E-state index in [0.717, 1.165) is 0 Å². The SMILES string of the molecule is c1ccc(-c2ccc3cc4ccccc4c(-c4ccc5ccccc5c4)c3c2)cc1. The Hall–Kier alpha value is -3.90. The van der Waals surface area contributed by atoms with Crippen LogP contribution in [0.5, 0.6) is 0 Å². The minimum atomic E-state index is 1.25. The molecule has 0 aromatic heterocycles. The maximum Gasteiger partial charge on any atom is -0.00264 e. The highest BCUT2D eigenvalue weighted by atomic mass is 14.1. The van der Waals surface area contributed by atoms with Gasteiger partial charge in [-0.25, -0.2) is 0 Å². The van der Waals surface area contributed by atoms with Crippen molar-refractivity contribution in [3.63, 3.8) is 0 Å². The van der Waals surface area contributed by atoms with Crippen LogP contribution in [0.25, 0.3) is 54.6 Å². The lowest BCUT2D eigenvalue weighted by molar-refractivity contribution is 1.64. The second kappa shape index (κ2) is 6.86. The van der Waals surface area contributed by atoms with E-state index in [1.54, 1.807) is 0 Å². The lowest BCUT2D eigenvalue weighted by Crippen LogP contribution is -1.87. The molecular weight excluding hydrogens is 360 g/mol. The second-order valence-corrected chi connectivity index (χ2v) is 7.84. The Labute approximate surface area is 176 Å². The molecule has 0 aliphatic heterocycles. The summed E-state index contributed by atoms with van der Waals surface area (Å²) in [7, 11) is 0. The molecular formula is C30H20. The van der Waals surface area contributed by atoms with Gasteiger partial charge in [0.25, 0.3) is 0 Å². The maximum absolute atomic E-state index is 2.35. The molecule has 0 bridgehead atoms. The number of benzene rings is 6. The quantitative estimate of drug-likeness (QED) is 0.264. The third-order valence-electron chi connectivity index (χ3n) is 6.01. The van der Waals surface area contributed by atoms with Gasteiger partial charge in [0, 0.05) is 0 Å². The highest BCUT2D eigenvalue weighted by Crippen LogP contribution is 2.39. The Morgan fingerprint density at radius 3 is 1.80 bits per heavy atom. The van der Waals surface area contributed by atoms with Crippen LogP contribution in [0, 0.1) is 0 Å². The van der Waals surface area contributed by atoms with E-state index >= 15 is 0 Å². The molecule has 0 nitrogen and oxygen atoms in total. The number of hydrogen-bond donors (Lipinski definition) is 0. The summed E-state index contributed by atoms with van der Waals surface area (Å²) < 4.78 is 0. The standard InChI is InChI=1S/C30H20/c1-2-8-21(9-3-1)24-15-16-26-19-25-12-6-7-13-28(25)30(29(26)20-24)27-17-14-22-10-4-5-11-23(22)18-27/h1-20H. The fourth-order valence-electron chi connectivity index (χ4n) is 4.53. The van der Waals surface area contributed by atoms with Gasteiger partial charge < -0.3 is 0 Å². The molecule has 0 saturated carbocycles. The Morgan fingerprint density at radius 1 is 0.300 bits per heavy atom. The summed E-state index contributed by atoms with van der Waals surface area (Å²) in [6.45, 7) is 0. The Kier molecular flexibility index (Phi) is 3.89. The van der Waals surface area contributed by atoms with Gasteiger partial charge in [0.05, 0.1) is 0 Å². The first-order valence-corrected chi connectivity index (χ1v) is 10.4. The van der Waals surface area contributed by atoms with Crippen LogP contribution in [0.15, 0.2) is 121 Å². The van der Waals surface area contributed by atoms with Crippen LogP contribution in [-0.4, -0.2) is 0 Å². The molecule has 0 spiro atoms. The van der Waals surface area contributed by atoms with Crippen LogP contribution in [0.1, 0.15) is 0 Å². The molecule has 140 valence electrons. The van der Waals surface area contributed by atoms with Crippen LogP contribution in [0.4, 0.5) is 0 Å². The summed E-state index contributed by atoms with van der Waals surface area (Å²) in [5, 5.41) is 7.69. The monoisotopic (exact) mass is 380 g/mol. The lowest BCUT2D eigenvalue weighted by Gasteiger charge is -2.14. The van der Waals surface area contributed by atoms with Gasteiger partial charge in [-0.15, -0.1) is 0 Å². The van der Waals surface area contributed by atoms with Crippen molar-refractivity contribution in [1.82, 2.24) is 0 Å². The summed E-state index contributed by atoms with van der Waals surface area (Å²) >= 11 is 0. The minimum absolute atomic E-state index is 1.25. The predicted molar refractivity (Wildman–Crippen MR) is 130 cm³/mol. The molecule has 0 unspecified atom stereocenters. The molecule has 0 heteroatoms. The summed E-state index contributed by atoms with van der Waals surface area (Å²) in [5.74, 6) is 0. The van der Waals surface area contributed by atoms with E-state index in [0.29, 0.717) is 0 Å². The van der Waals surface area contributed by atoms with Gasteiger partial charge in [0.15, 0.2) is 0 Å². The van der Waals surface area contributed by atoms with E-state index < -0.39 is 0 Å². The molecule has 0 N–H and O–H groups in total. The van der Waals surface area contributed by atoms with Crippen molar-refractivity contribution < 1.29 is 0 Å². The van der Waals surface area contributed by atoms with Crippen LogP contribution < -0.4 is 0 Å². The smallest absolute Gasteiger partial charge is 0.00264 e. The molecule has 0 aliphatic carbocycles. The van der Waals surface area contributed by atoms with Crippen molar-refractivity contribution in [2.24, 2.45) is 0 Å². The van der Waals surface area contributed by atoms with Crippen molar-refractivity contribution in [3.05, 3.63) is 121 Å². The van der Waals surface area contributed by atoms with E-state index in [1.807, 2.05) is 0 Å². The fourth-order valence-corrected chi connectivity index (χ4v) is 4.53. The molecule has 6 aromatic rings. The zero-order valence-electron chi connectivity index (χ0n) is 16.5. The Morgan fingerprint density at radius 2 is 0.933 bits per heavy atom. The zero-order valence-corrected chi connectivity index (χ0v) is 16.5. The third-order valence-corrected chi connectivity index (χ3v) is 6.01. The number of rotatable bonds is 2. The average Bonchev–Trinajstić information content (AvgIpc) is 2.82. The van der Waals surface area contributed by atoms with Crippen LogP contribution in [0.3, 0.4) is 0 Å². The molecule has 0 atom stereocenters. The predicted octanol–water partition coefficient (Wildman–Crippen LogP) is 8.48. The molecule has 0 radical (unpaired) electrons. The van der Waals surface area contributed by atoms with Crippen molar-refractivity contribution in [1.29, 1.82) is 0 Å². The molecule has 30 heavy (non-hydrogen) atoms. The van der Waals surface area contributed by atoms with Crippen molar-refractivity contribution in [2.75, 3.05) is 0 Å². The van der Waals surface area contributed by atoms with E-state index in [4.69, 9.17) is 0 Å². The van der Waals surface area contributed by atoms with Gasteiger partial charge in [0.2, 0.25) is 0 Å². The highest BCUT2D eigenvalue weighted by molar-refractivity contribution is 6.14. The largest absolute Gasteiger partial charge is 0.0622 e. The van der Waals surface area contributed by atoms with Gasteiger partial charge in [-0.05, 0) is 72.8 Å². The van der Waals surface area contributed by atoms with E-state index in [-0.39, 0.29) is 0 Å². The third kappa shape index (κ3) is 2.77. The van der Waals surface area contributed by atoms with Gasteiger partial charge >= 0.3 is 0 Å². The summed E-state index contributed by atoms with van der Waals surface area (Å²) in [6.07, 6.45) is 0. The lowest BCUT2D eigenvalue weighted by atomic mass is 9.89. The first kappa shape index (κ1) is 17.0. The average molecular weight is 380 g/mol. The Bertz CT molecular complexity index is 1520. The summed E-state index contributed by atoms with van der Waals surface area (Å²) in [4.78, 5) is 0. The first-order chi connectivity index (χ1) is 14.9. The van der Waals surface area contributed by atoms with E-state index in [1.165, 1.54) is 54.6 Å². The van der Waals surface area contributed by atoms with Gasteiger partial charge in [-0.3, -0.25) is 0 Å². The zero-order chi connectivity index (χ0) is 19.9. The highest BCUT2D eigenvalue weighted by Gasteiger charge is 2.12. The van der Waals surface area contributed by atoms with Crippen LogP contribution in [-0.2, 0) is 0 Å². The fraction of sp³-hybridized carbons (Fsp3) is 0. The molecule has 0 aliphatic rings. The van der Waals surface area contributed by atoms with Gasteiger partial charge in [-0.1, -0.05) is 103 Å². The molecule has 0 saturated heterocycles. The second-order valence-electron chi connectivity index (χ2n) is 7.84. The molecule has 0 fully saturated rings. The van der Waals surface area contributed by atoms with E-state index in [2.05, 4.69) is 121 Å². The Balaban J connectivity index is 1.71. The van der Waals surface area contributed by atoms with Crippen LogP contribution >= 0.6 is 0 Å². The number of hydrogen-bond acceptors (Lipinski definition) is 0. The van der Waals surface area contributed by atoms with Gasteiger partial charge in [0.1, 0.15) is 0 Å². The van der Waals surface area contributed by atoms with E-state index in [9.17, 15) is 0 Å². The van der Waals surface area contributed by atoms with Crippen molar-refractivity contribution in [3.8, 4) is 22.3 Å². The summed E-state index contributed by atoms with van der Waals surface area (Å²) in [5.41, 5.74) is 5.07. The van der Waals surface area contributed by atoms with Crippen molar-refractivity contribution >= 4 is 32.3 Å². The minimum Gasteiger partial charge on any atom is -0.0622 e. The molecule has 0 heterocycles. The van der Waals surface area contributed by atoms with Crippen molar-refractivity contribution in [2.45, 2.75) is 0 Å². The molecule has 6 rings (SSSR count). The molecule has 0 amide bonds. The normalized spacial score (nSPS) is 11.3. The first-order valence-electron chi connectivity index (χ1n) is 10.4. The number of fused-ring (bicyclic) bond motifs is 3. The maximum atomic E-state index is 2.35. The topological polar surface area (TPSA) is 0 Å². The summed E-state index contributed by atoms with van der Waals surface area (Å²) in [6, 6.07) is 43.9. The van der Waals surface area contributed by atoms with Crippen LogP contribution in [0.2, 0.25) is 0 Å². The van der Waals surface area contributed by atoms with Gasteiger partial charge in [-0.2, -0.15) is 0 Å². The molecule has 6 aromatic carbocycles.